The third-order valence-electron chi connectivity index (χ3n) is 7.38. The van der Waals surface area contributed by atoms with E-state index in [2.05, 4.69) is 10.2 Å². The average molecular weight is 592 g/mol. The maximum atomic E-state index is 15.2. The molecule has 0 radical (unpaired) electrons. The van der Waals surface area contributed by atoms with E-state index in [4.69, 9.17) is 0 Å². The molecule has 5 aromatic rings. The number of carbonyl (C=O) groups is 2. The SMILES string of the molecule is O=C1/C(=C/c2cccc(F)c2)CN(C(=O)c2cc(Cc3n[nH]c(=O)c4ccccc34)ccc2F)C/C1=C\c1cccc(F)c1. The molecule has 6 nitrogen and oxygen atoms in total. The molecule has 1 aliphatic rings. The van der Waals surface area contributed by atoms with E-state index >= 15 is 4.39 Å². The van der Waals surface area contributed by atoms with Crippen LogP contribution in [-0.2, 0) is 11.2 Å². The summed E-state index contributed by atoms with van der Waals surface area (Å²) in [4.78, 5) is 40.9. The number of ketones is 1. The Morgan fingerprint density at radius 2 is 1.39 bits per heavy atom. The molecule has 4 aromatic carbocycles. The highest BCUT2D eigenvalue weighted by atomic mass is 19.1. The van der Waals surface area contributed by atoms with Crippen molar-refractivity contribution in [3.63, 3.8) is 0 Å². The first-order valence-electron chi connectivity index (χ1n) is 13.8. The van der Waals surface area contributed by atoms with Crippen LogP contribution < -0.4 is 5.56 Å². The lowest BCUT2D eigenvalue weighted by Crippen LogP contribution is -2.42. The molecule has 9 heteroatoms. The number of H-pyrrole nitrogens is 1. The predicted octanol–water partition coefficient (Wildman–Crippen LogP) is 6.12. The molecule has 1 aliphatic heterocycles. The van der Waals surface area contributed by atoms with Crippen LogP contribution in [0, 0.1) is 17.5 Å². The van der Waals surface area contributed by atoms with Gasteiger partial charge in [0, 0.05) is 23.0 Å². The van der Waals surface area contributed by atoms with Crippen molar-refractivity contribution >= 4 is 34.6 Å². The highest BCUT2D eigenvalue weighted by Crippen LogP contribution is 2.26. The molecule has 0 atom stereocenters. The van der Waals surface area contributed by atoms with Gasteiger partial charge < -0.3 is 4.90 Å². The molecular formula is C35H24F3N3O3. The molecule has 0 bridgehead atoms. The summed E-state index contributed by atoms with van der Waals surface area (Å²) in [5, 5.41) is 7.76. The Morgan fingerprint density at radius 1 is 0.773 bits per heavy atom. The van der Waals surface area contributed by atoms with Crippen molar-refractivity contribution in [2.45, 2.75) is 6.42 Å². The van der Waals surface area contributed by atoms with Gasteiger partial charge in [-0.25, -0.2) is 18.3 Å². The van der Waals surface area contributed by atoms with E-state index in [1.165, 1.54) is 71.6 Å². The summed E-state index contributed by atoms with van der Waals surface area (Å²) in [6.45, 7) is -0.297. The van der Waals surface area contributed by atoms with Crippen LogP contribution in [0.3, 0.4) is 0 Å². The van der Waals surface area contributed by atoms with Gasteiger partial charge >= 0.3 is 0 Å². The Hall–Kier alpha value is -5.57. The van der Waals surface area contributed by atoms with E-state index in [1.807, 2.05) is 0 Å². The second-order valence-corrected chi connectivity index (χ2v) is 10.5. The fraction of sp³-hybridized carbons (Fsp3) is 0.0857. The van der Waals surface area contributed by atoms with Crippen LogP contribution in [0.5, 0.6) is 0 Å². The first kappa shape index (κ1) is 28.5. The molecule has 2 heterocycles. The molecule has 1 fully saturated rings. The number of amides is 1. The topological polar surface area (TPSA) is 83.1 Å². The van der Waals surface area contributed by atoms with Crippen molar-refractivity contribution in [3.05, 3.63) is 158 Å². The smallest absolute Gasteiger partial charge is 0.272 e. The summed E-state index contributed by atoms with van der Waals surface area (Å²) in [6.07, 6.45) is 3.19. The molecular weight excluding hydrogens is 567 g/mol. The third kappa shape index (κ3) is 5.98. The van der Waals surface area contributed by atoms with Crippen LogP contribution in [0.25, 0.3) is 22.9 Å². The molecule has 1 aromatic heterocycles. The van der Waals surface area contributed by atoms with Gasteiger partial charge in [-0.1, -0.05) is 48.5 Å². The fourth-order valence-corrected chi connectivity index (χ4v) is 5.29. The van der Waals surface area contributed by atoms with Gasteiger partial charge in [0.05, 0.1) is 29.7 Å². The molecule has 6 rings (SSSR count). The minimum absolute atomic E-state index is 0.148. The Labute approximate surface area is 249 Å². The number of Topliss-reactive ketones (excluding diaryl/α,β-unsaturated/α-hetero) is 1. The third-order valence-corrected chi connectivity index (χ3v) is 7.38. The fourth-order valence-electron chi connectivity index (χ4n) is 5.29. The summed E-state index contributed by atoms with van der Waals surface area (Å²) in [6, 6.07) is 22.5. The van der Waals surface area contributed by atoms with Gasteiger partial charge in [0.25, 0.3) is 11.5 Å². The Morgan fingerprint density at radius 3 is 2.00 bits per heavy atom. The summed E-state index contributed by atoms with van der Waals surface area (Å²) in [5.41, 5.74) is 1.82. The van der Waals surface area contributed by atoms with E-state index in [0.29, 0.717) is 33.2 Å². The Kier molecular flexibility index (Phi) is 7.76. The minimum atomic E-state index is -0.749. The van der Waals surface area contributed by atoms with Crippen LogP contribution in [0.15, 0.2) is 107 Å². The lowest BCUT2D eigenvalue weighted by molar-refractivity contribution is -0.113. The number of halogens is 3. The maximum Gasteiger partial charge on any atom is 0.272 e. The number of benzene rings is 4. The standard InChI is InChI=1S/C35H24F3N3O3/c36-26-7-3-5-21(15-26)13-24-19-41(20-25(33(24)42)14-22-6-4-8-27(37)16-22)35(44)30-17-23(11-12-31(30)38)18-32-28-9-1-2-10-29(28)34(43)40-39-32/h1-17H,18-20H2,(H,40,43)/b24-13+,25-14+. The number of likely N-dealkylation sites (tertiary alicyclic amines) is 1. The molecule has 1 amide bonds. The first-order chi connectivity index (χ1) is 21.2. The van der Waals surface area contributed by atoms with Crippen LogP contribution in [-0.4, -0.2) is 39.9 Å². The molecule has 0 unspecified atom stereocenters. The monoisotopic (exact) mass is 591 g/mol. The summed E-state index contributed by atoms with van der Waals surface area (Å²) in [5.74, 6) is -2.77. The molecule has 0 aliphatic carbocycles. The predicted molar refractivity (Wildman–Crippen MR) is 161 cm³/mol. The van der Waals surface area contributed by atoms with Gasteiger partial charge in [0.1, 0.15) is 17.5 Å². The van der Waals surface area contributed by atoms with Crippen molar-refractivity contribution in [2.75, 3.05) is 13.1 Å². The summed E-state index contributed by atoms with van der Waals surface area (Å²) in [7, 11) is 0. The second-order valence-electron chi connectivity index (χ2n) is 10.5. The summed E-state index contributed by atoms with van der Waals surface area (Å²) < 4.78 is 43.0. The van der Waals surface area contributed by atoms with E-state index in [0.717, 1.165) is 0 Å². The number of aromatic nitrogens is 2. The van der Waals surface area contributed by atoms with Gasteiger partial charge in [-0.2, -0.15) is 5.10 Å². The molecule has 1 saturated heterocycles. The lowest BCUT2D eigenvalue weighted by Gasteiger charge is -2.30. The lowest BCUT2D eigenvalue weighted by atomic mass is 9.93. The van der Waals surface area contributed by atoms with Crippen LogP contribution in [0.1, 0.15) is 32.7 Å². The Bertz CT molecular complexity index is 2000. The van der Waals surface area contributed by atoms with Gasteiger partial charge in [-0.3, -0.25) is 14.4 Å². The maximum absolute atomic E-state index is 15.2. The number of fused-ring (bicyclic) bond motifs is 1. The van der Waals surface area contributed by atoms with Crippen molar-refractivity contribution in [3.8, 4) is 0 Å². The molecule has 0 saturated carbocycles. The average Bonchev–Trinajstić information content (AvgIpc) is 3.01. The quantitative estimate of drug-likeness (QED) is 0.250. The number of rotatable bonds is 5. The largest absolute Gasteiger partial charge is 0.330 e. The van der Waals surface area contributed by atoms with Gasteiger partial charge in [-0.15, -0.1) is 0 Å². The molecule has 218 valence electrons. The van der Waals surface area contributed by atoms with Crippen molar-refractivity contribution in [1.82, 2.24) is 15.1 Å². The summed E-state index contributed by atoms with van der Waals surface area (Å²) >= 11 is 0. The minimum Gasteiger partial charge on any atom is -0.330 e. The van der Waals surface area contributed by atoms with E-state index in [1.54, 1.807) is 36.4 Å². The molecule has 0 spiro atoms. The molecule has 1 N–H and O–H groups in total. The van der Waals surface area contributed by atoms with E-state index in [-0.39, 0.29) is 47.6 Å². The van der Waals surface area contributed by atoms with Crippen LogP contribution in [0.4, 0.5) is 13.2 Å². The van der Waals surface area contributed by atoms with Crippen molar-refractivity contribution < 1.29 is 22.8 Å². The highest BCUT2D eigenvalue weighted by Gasteiger charge is 2.31. The van der Waals surface area contributed by atoms with Crippen molar-refractivity contribution in [2.24, 2.45) is 0 Å². The highest BCUT2D eigenvalue weighted by molar-refractivity contribution is 6.16. The first-order valence-corrected chi connectivity index (χ1v) is 13.8. The number of carbonyl (C=O) groups excluding carboxylic acids is 2. The number of nitrogens with zero attached hydrogens (tertiary/aromatic N) is 2. The van der Waals surface area contributed by atoms with Crippen molar-refractivity contribution in [1.29, 1.82) is 0 Å². The number of hydrogen-bond acceptors (Lipinski definition) is 4. The number of hydrogen-bond donors (Lipinski definition) is 1. The van der Waals surface area contributed by atoms with Gasteiger partial charge in [0.2, 0.25) is 0 Å². The second kappa shape index (κ2) is 12.0. The van der Waals surface area contributed by atoms with Crippen LogP contribution in [0.2, 0.25) is 0 Å². The van der Waals surface area contributed by atoms with Gasteiger partial charge in [0.15, 0.2) is 5.78 Å². The van der Waals surface area contributed by atoms with E-state index in [9.17, 15) is 23.2 Å². The number of aromatic amines is 1. The number of nitrogens with one attached hydrogen (secondary N) is 1. The normalized spacial score (nSPS) is 15.3. The zero-order valence-corrected chi connectivity index (χ0v) is 23.2. The zero-order chi connectivity index (χ0) is 30.8. The van der Waals surface area contributed by atoms with Gasteiger partial charge in [-0.05, 0) is 71.3 Å². The molecule has 44 heavy (non-hydrogen) atoms. The Balaban J connectivity index is 1.36. The van der Waals surface area contributed by atoms with Crippen LogP contribution >= 0.6 is 0 Å². The number of piperidine rings is 1. The van der Waals surface area contributed by atoms with E-state index < -0.39 is 23.4 Å². The zero-order valence-electron chi connectivity index (χ0n) is 23.2.